The number of nitrogens with zero attached hydrogens (tertiary/aromatic N) is 1. The summed E-state index contributed by atoms with van der Waals surface area (Å²) in [6.45, 7) is 0. The molecule has 2 aromatic carbocycles. The number of allylic oxidation sites excluding steroid dienone is 2. The summed E-state index contributed by atoms with van der Waals surface area (Å²) in [5.41, 5.74) is 3.90. The van der Waals surface area contributed by atoms with Crippen LogP contribution in [0.3, 0.4) is 0 Å². The van der Waals surface area contributed by atoms with Gasteiger partial charge in [0.15, 0.2) is 5.78 Å². The van der Waals surface area contributed by atoms with E-state index in [1.807, 2.05) is 54.6 Å². The summed E-state index contributed by atoms with van der Waals surface area (Å²) in [4.78, 5) is 16.2. The average Bonchev–Trinajstić information content (AvgIpc) is 2.76. The molecule has 0 aliphatic heterocycles. The van der Waals surface area contributed by atoms with Gasteiger partial charge in [0.2, 0.25) is 0 Å². The summed E-state index contributed by atoms with van der Waals surface area (Å²) < 4.78 is 10.7. The average molecular weight is 371 g/mol. The number of methoxy groups -OCH3 is 2. The van der Waals surface area contributed by atoms with E-state index in [1.165, 1.54) is 6.08 Å². The Balaban J connectivity index is 1.70. The lowest BCUT2D eigenvalue weighted by Gasteiger charge is -2.09. The van der Waals surface area contributed by atoms with Crippen LogP contribution < -0.4 is 9.47 Å². The fourth-order valence-corrected chi connectivity index (χ4v) is 2.77. The Morgan fingerprint density at radius 3 is 1.96 bits per heavy atom. The second kappa shape index (κ2) is 9.33. The van der Waals surface area contributed by atoms with Crippen LogP contribution in [0.5, 0.6) is 11.5 Å². The van der Waals surface area contributed by atoms with Crippen molar-refractivity contribution in [3.8, 4) is 22.6 Å². The smallest absolute Gasteiger partial charge is 0.178 e. The van der Waals surface area contributed by atoms with E-state index in [1.54, 1.807) is 44.8 Å². The van der Waals surface area contributed by atoms with Crippen molar-refractivity contribution in [1.29, 1.82) is 0 Å². The Labute approximate surface area is 164 Å². The number of ether oxygens (including phenoxy) is 2. The third-order valence-electron chi connectivity index (χ3n) is 4.24. The monoisotopic (exact) mass is 371 g/mol. The first kappa shape index (κ1) is 19.1. The van der Waals surface area contributed by atoms with Crippen molar-refractivity contribution in [2.45, 2.75) is 0 Å². The van der Waals surface area contributed by atoms with E-state index in [0.29, 0.717) is 11.5 Å². The predicted molar refractivity (Wildman–Crippen MR) is 112 cm³/mol. The Bertz CT molecular complexity index is 968. The number of pyridine rings is 1. The fraction of sp³-hybridized carbons (Fsp3) is 0.0833. The second-order valence-corrected chi connectivity index (χ2v) is 6.00. The molecule has 1 heterocycles. The topological polar surface area (TPSA) is 48.4 Å². The molecule has 4 nitrogen and oxygen atoms in total. The molecule has 0 amide bonds. The molecule has 0 spiro atoms. The van der Waals surface area contributed by atoms with Crippen molar-refractivity contribution in [3.63, 3.8) is 0 Å². The number of hydrogen-bond acceptors (Lipinski definition) is 4. The molecule has 3 rings (SSSR count). The first-order chi connectivity index (χ1) is 13.7. The zero-order valence-electron chi connectivity index (χ0n) is 15.8. The van der Waals surface area contributed by atoms with Crippen molar-refractivity contribution in [1.82, 2.24) is 4.98 Å². The Hall–Kier alpha value is -3.66. The SMILES string of the molecule is COc1cccc(OC)c1/C=C/C(=O)/C=C/c1ccc(-c2ccncc2)cc1. The number of carbonyl (C=O) groups excluding carboxylic acids is 1. The zero-order valence-corrected chi connectivity index (χ0v) is 15.8. The molecule has 0 N–H and O–H groups in total. The summed E-state index contributed by atoms with van der Waals surface area (Å²) in [7, 11) is 3.17. The minimum absolute atomic E-state index is 0.119. The van der Waals surface area contributed by atoms with Crippen LogP contribution in [0.2, 0.25) is 0 Å². The predicted octanol–water partition coefficient (Wildman–Crippen LogP) is 5.06. The van der Waals surface area contributed by atoms with Crippen LogP contribution in [-0.4, -0.2) is 25.0 Å². The highest BCUT2D eigenvalue weighted by atomic mass is 16.5. The number of benzene rings is 2. The largest absolute Gasteiger partial charge is 0.496 e. The summed E-state index contributed by atoms with van der Waals surface area (Å²) in [5, 5.41) is 0. The van der Waals surface area contributed by atoms with E-state index in [9.17, 15) is 4.79 Å². The highest BCUT2D eigenvalue weighted by Crippen LogP contribution is 2.29. The van der Waals surface area contributed by atoms with Crippen LogP contribution in [0.1, 0.15) is 11.1 Å². The van der Waals surface area contributed by atoms with Crippen molar-refractivity contribution in [2.24, 2.45) is 0 Å². The first-order valence-electron chi connectivity index (χ1n) is 8.83. The minimum Gasteiger partial charge on any atom is -0.496 e. The lowest BCUT2D eigenvalue weighted by atomic mass is 10.0. The van der Waals surface area contributed by atoms with Crippen molar-refractivity contribution >= 4 is 17.9 Å². The van der Waals surface area contributed by atoms with Crippen LogP contribution in [0, 0.1) is 0 Å². The molecule has 140 valence electrons. The van der Waals surface area contributed by atoms with Gasteiger partial charge in [0.05, 0.1) is 19.8 Å². The summed E-state index contributed by atoms with van der Waals surface area (Å²) in [5.74, 6) is 1.18. The van der Waals surface area contributed by atoms with Gasteiger partial charge >= 0.3 is 0 Å². The summed E-state index contributed by atoms with van der Waals surface area (Å²) in [6.07, 6.45) is 10.1. The Kier molecular flexibility index (Phi) is 6.37. The number of rotatable bonds is 7. The van der Waals surface area contributed by atoms with E-state index in [0.717, 1.165) is 22.3 Å². The minimum atomic E-state index is -0.119. The first-order valence-corrected chi connectivity index (χ1v) is 8.83. The van der Waals surface area contributed by atoms with Gasteiger partial charge in [-0.2, -0.15) is 0 Å². The highest BCUT2D eigenvalue weighted by molar-refractivity contribution is 6.04. The molecular formula is C24H21NO3. The molecular weight excluding hydrogens is 350 g/mol. The summed E-state index contributed by atoms with van der Waals surface area (Å²) >= 11 is 0. The molecule has 0 fully saturated rings. The number of hydrogen-bond donors (Lipinski definition) is 0. The van der Waals surface area contributed by atoms with Crippen LogP contribution in [0.15, 0.2) is 79.1 Å². The van der Waals surface area contributed by atoms with Crippen LogP contribution in [0.25, 0.3) is 23.3 Å². The number of ketones is 1. The van der Waals surface area contributed by atoms with Gasteiger partial charge in [0, 0.05) is 12.4 Å². The molecule has 0 atom stereocenters. The van der Waals surface area contributed by atoms with E-state index < -0.39 is 0 Å². The normalized spacial score (nSPS) is 11.1. The van der Waals surface area contributed by atoms with E-state index >= 15 is 0 Å². The van der Waals surface area contributed by atoms with Gasteiger partial charge in [0.1, 0.15) is 11.5 Å². The maximum atomic E-state index is 12.2. The van der Waals surface area contributed by atoms with Crippen LogP contribution >= 0.6 is 0 Å². The maximum Gasteiger partial charge on any atom is 0.178 e. The highest BCUT2D eigenvalue weighted by Gasteiger charge is 2.06. The molecule has 1 aromatic heterocycles. The molecule has 0 aliphatic carbocycles. The molecule has 0 unspecified atom stereocenters. The van der Waals surface area contributed by atoms with Crippen LogP contribution in [0.4, 0.5) is 0 Å². The molecule has 0 bridgehead atoms. The third-order valence-corrected chi connectivity index (χ3v) is 4.24. The maximum absolute atomic E-state index is 12.2. The molecule has 0 saturated carbocycles. The molecule has 0 radical (unpaired) electrons. The second-order valence-electron chi connectivity index (χ2n) is 6.00. The van der Waals surface area contributed by atoms with Gasteiger partial charge in [-0.05, 0) is 59.2 Å². The van der Waals surface area contributed by atoms with Crippen LogP contribution in [-0.2, 0) is 4.79 Å². The van der Waals surface area contributed by atoms with Gasteiger partial charge < -0.3 is 9.47 Å². The van der Waals surface area contributed by atoms with Crippen molar-refractivity contribution in [3.05, 3.63) is 90.3 Å². The third kappa shape index (κ3) is 4.74. The number of aromatic nitrogens is 1. The molecule has 0 saturated heterocycles. The quantitative estimate of drug-likeness (QED) is 0.545. The van der Waals surface area contributed by atoms with E-state index in [2.05, 4.69) is 4.98 Å². The molecule has 3 aromatic rings. The Morgan fingerprint density at radius 1 is 0.786 bits per heavy atom. The lowest BCUT2D eigenvalue weighted by molar-refractivity contribution is -0.110. The van der Waals surface area contributed by atoms with Gasteiger partial charge in [-0.15, -0.1) is 0 Å². The van der Waals surface area contributed by atoms with Crippen molar-refractivity contribution in [2.75, 3.05) is 14.2 Å². The lowest BCUT2D eigenvalue weighted by Crippen LogP contribution is -1.93. The standard InChI is InChI=1S/C24H21NO3/c1-27-23-4-3-5-24(28-2)22(23)13-12-21(26)11-8-18-6-9-19(10-7-18)20-14-16-25-17-15-20/h3-17H,1-2H3/b11-8+,13-12+. The van der Waals surface area contributed by atoms with Gasteiger partial charge in [-0.3, -0.25) is 9.78 Å². The number of carbonyl (C=O) groups is 1. The Morgan fingerprint density at radius 2 is 1.36 bits per heavy atom. The van der Waals surface area contributed by atoms with Crippen molar-refractivity contribution < 1.29 is 14.3 Å². The molecule has 0 aliphatic rings. The molecule has 4 heteroatoms. The van der Waals surface area contributed by atoms with Gasteiger partial charge in [-0.25, -0.2) is 0 Å². The molecule has 28 heavy (non-hydrogen) atoms. The summed E-state index contributed by atoms with van der Waals surface area (Å²) in [6, 6.07) is 17.4. The van der Waals surface area contributed by atoms with Gasteiger partial charge in [0.25, 0.3) is 0 Å². The fourth-order valence-electron chi connectivity index (χ4n) is 2.77. The van der Waals surface area contributed by atoms with E-state index in [-0.39, 0.29) is 5.78 Å². The van der Waals surface area contributed by atoms with E-state index in [4.69, 9.17) is 9.47 Å². The zero-order chi connectivity index (χ0) is 19.8. The van der Waals surface area contributed by atoms with Gasteiger partial charge in [-0.1, -0.05) is 36.4 Å².